The maximum absolute atomic E-state index is 13.5. The number of hydrogen-bond acceptors (Lipinski definition) is 5. The van der Waals surface area contributed by atoms with Gasteiger partial charge in [-0.25, -0.2) is 4.99 Å². The Labute approximate surface area is 227 Å². The Kier molecular flexibility index (Phi) is 8.26. The average molecular weight is 535 g/mol. The van der Waals surface area contributed by atoms with Crippen molar-refractivity contribution < 1.29 is 14.3 Å². The predicted octanol–water partition coefficient (Wildman–Crippen LogP) is 7.58. The van der Waals surface area contributed by atoms with Crippen molar-refractivity contribution in [1.82, 2.24) is 0 Å². The zero-order valence-corrected chi connectivity index (χ0v) is 23.1. The van der Waals surface area contributed by atoms with E-state index in [4.69, 9.17) is 32.5 Å². The van der Waals surface area contributed by atoms with Crippen LogP contribution in [0.2, 0.25) is 5.02 Å². The standard InChI is InChI=1S/C30H31ClN2O3S/c1-6-14-36-27-23(31)15-19(16-24(27)35-5)18-32-29-26(28(34)33-21-10-8-7-9-11-21)22-13-12-20(30(2,3)4)17-25(22)37-29/h1,7-11,15-16,18,20H,12-14,17H2,2-5H3,(H,33,34)/t20-/m1/s1. The molecule has 1 amide bonds. The zero-order valence-electron chi connectivity index (χ0n) is 21.6. The summed E-state index contributed by atoms with van der Waals surface area (Å²) >= 11 is 8.05. The number of hydrogen-bond donors (Lipinski definition) is 1. The number of para-hydroxylation sites is 1. The lowest BCUT2D eigenvalue weighted by atomic mass is 9.72. The number of methoxy groups -OCH3 is 1. The van der Waals surface area contributed by atoms with Gasteiger partial charge in [-0.2, -0.15) is 0 Å². The Morgan fingerprint density at radius 3 is 2.73 bits per heavy atom. The fourth-order valence-corrected chi connectivity index (χ4v) is 6.09. The molecule has 1 aromatic heterocycles. The first-order valence-electron chi connectivity index (χ1n) is 12.2. The van der Waals surface area contributed by atoms with Crippen molar-refractivity contribution in [3.05, 3.63) is 69.1 Å². The third kappa shape index (κ3) is 6.18. The minimum Gasteiger partial charge on any atom is -0.493 e. The first-order chi connectivity index (χ1) is 17.7. The molecule has 3 aromatic rings. The number of carbonyl (C=O) groups is 1. The molecule has 1 aliphatic carbocycles. The van der Waals surface area contributed by atoms with Gasteiger partial charge in [0.1, 0.15) is 11.6 Å². The summed E-state index contributed by atoms with van der Waals surface area (Å²) in [5.74, 6) is 3.69. The van der Waals surface area contributed by atoms with E-state index in [2.05, 4.69) is 32.0 Å². The van der Waals surface area contributed by atoms with Crippen molar-refractivity contribution in [3.8, 4) is 23.8 Å². The monoisotopic (exact) mass is 534 g/mol. The van der Waals surface area contributed by atoms with E-state index in [9.17, 15) is 4.79 Å². The molecule has 192 valence electrons. The highest BCUT2D eigenvalue weighted by atomic mass is 35.5. The van der Waals surface area contributed by atoms with E-state index in [-0.39, 0.29) is 17.9 Å². The van der Waals surface area contributed by atoms with Crippen molar-refractivity contribution in [2.24, 2.45) is 16.3 Å². The number of terminal acetylenes is 1. The van der Waals surface area contributed by atoms with Crippen LogP contribution >= 0.6 is 22.9 Å². The number of ether oxygens (including phenoxy) is 2. The number of anilines is 1. The number of nitrogens with zero attached hydrogens (tertiary/aromatic N) is 1. The summed E-state index contributed by atoms with van der Waals surface area (Å²) in [6.07, 6.45) is 9.88. The molecule has 4 rings (SSSR count). The van der Waals surface area contributed by atoms with Crippen LogP contribution < -0.4 is 14.8 Å². The van der Waals surface area contributed by atoms with Gasteiger partial charge in [-0.15, -0.1) is 17.8 Å². The predicted molar refractivity (Wildman–Crippen MR) is 153 cm³/mol. The molecular weight excluding hydrogens is 504 g/mol. The van der Waals surface area contributed by atoms with Crippen LogP contribution in [0.1, 0.15) is 53.6 Å². The van der Waals surface area contributed by atoms with Crippen LogP contribution in [0.4, 0.5) is 10.7 Å². The van der Waals surface area contributed by atoms with Crippen LogP contribution in [0.5, 0.6) is 11.5 Å². The van der Waals surface area contributed by atoms with Gasteiger partial charge in [0, 0.05) is 16.8 Å². The lowest BCUT2D eigenvalue weighted by Gasteiger charge is -2.33. The number of benzene rings is 2. The van der Waals surface area contributed by atoms with Gasteiger partial charge in [-0.3, -0.25) is 4.79 Å². The SMILES string of the molecule is C#CCOc1c(Cl)cc(C=Nc2sc3c(c2C(=O)Nc2ccccc2)CC[C@@H](C(C)(C)C)C3)cc1OC. The number of aliphatic imine (C=N–C) groups is 1. The fraction of sp³-hybridized carbons (Fsp3) is 0.333. The summed E-state index contributed by atoms with van der Waals surface area (Å²) in [5, 5.41) is 4.11. The smallest absolute Gasteiger partial charge is 0.259 e. The van der Waals surface area contributed by atoms with Gasteiger partial charge in [-0.1, -0.05) is 56.5 Å². The summed E-state index contributed by atoms with van der Waals surface area (Å²) in [6, 6.07) is 13.0. The number of amides is 1. The highest BCUT2D eigenvalue weighted by Crippen LogP contribution is 2.45. The molecule has 0 saturated carbocycles. The van der Waals surface area contributed by atoms with Gasteiger partial charge in [0.2, 0.25) is 0 Å². The number of fused-ring (bicyclic) bond motifs is 1. The second kappa shape index (κ2) is 11.4. The highest BCUT2D eigenvalue weighted by Gasteiger charge is 2.33. The number of rotatable bonds is 7. The van der Waals surface area contributed by atoms with E-state index in [0.29, 0.717) is 33.0 Å². The van der Waals surface area contributed by atoms with E-state index in [1.807, 2.05) is 30.3 Å². The molecule has 5 nitrogen and oxygen atoms in total. The van der Waals surface area contributed by atoms with Crippen LogP contribution in [-0.2, 0) is 12.8 Å². The number of halogens is 1. The summed E-state index contributed by atoms with van der Waals surface area (Å²) < 4.78 is 11.0. The zero-order chi connectivity index (χ0) is 26.6. The third-order valence-corrected chi connectivity index (χ3v) is 8.06. The van der Waals surface area contributed by atoms with E-state index >= 15 is 0 Å². The van der Waals surface area contributed by atoms with Gasteiger partial charge in [0.25, 0.3) is 5.91 Å². The molecule has 2 aromatic carbocycles. The maximum atomic E-state index is 13.5. The lowest BCUT2D eigenvalue weighted by Crippen LogP contribution is -2.27. The number of carbonyl (C=O) groups excluding carboxylic acids is 1. The quantitative estimate of drug-likeness (QED) is 0.251. The molecule has 1 aliphatic rings. The molecule has 0 radical (unpaired) electrons. The summed E-state index contributed by atoms with van der Waals surface area (Å²) in [6.45, 7) is 6.94. The van der Waals surface area contributed by atoms with Gasteiger partial charge in [0.15, 0.2) is 11.5 Å². The van der Waals surface area contributed by atoms with Crippen LogP contribution in [-0.4, -0.2) is 25.8 Å². The van der Waals surface area contributed by atoms with Gasteiger partial charge in [-0.05, 0) is 66.0 Å². The average Bonchev–Trinajstić information content (AvgIpc) is 3.24. The van der Waals surface area contributed by atoms with Gasteiger partial charge in [0.05, 0.1) is 17.7 Å². The minimum atomic E-state index is -0.140. The molecule has 0 spiro atoms. The molecule has 0 unspecified atom stereocenters. The van der Waals surface area contributed by atoms with Crippen molar-refractivity contribution in [3.63, 3.8) is 0 Å². The lowest BCUT2D eigenvalue weighted by molar-refractivity contribution is 0.102. The first kappa shape index (κ1) is 26.8. The van der Waals surface area contributed by atoms with Crippen molar-refractivity contribution in [2.75, 3.05) is 19.0 Å². The number of nitrogens with one attached hydrogen (secondary N) is 1. The second-order valence-corrected chi connectivity index (χ2v) is 11.6. The van der Waals surface area contributed by atoms with Gasteiger partial charge >= 0.3 is 0 Å². The second-order valence-electron chi connectivity index (χ2n) is 10.1. The summed E-state index contributed by atoms with van der Waals surface area (Å²) in [4.78, 5) is 19.5. The molecule has 0 fully saturated rings. The largest absolute Gasteiger partial charge is 0.493 e. The van der Waals surface area contributed by atoms with E-state index in [1.165, 1.54) is 4.88 Å². The van der Waals surface area contributed by atoms with Crippen LogP contribution in [0.25, 0.3) is 0 Å². The Bertz CT molecular complexity index is 1350. The topological polar surface area (TPSA) is 59.9 Å². The molecular formula is C30H31ClN2O3S. The molecule has 0 saturated heterocycles. The Hall–Kier alpha value is -3.27. The van der Waals surface area contributed by atoms with Crippen LogP contribution in [0.3, 0.4) is 0 Å². The Balaban J connectivity index is 1.71. The summed E-state index contributed by atoms with van der Waals surface area (Å²) in [7, 11) is 1.54. The van der Waals surface area contributed by atoms with Crippen molar-refractivity contribution in [2.45, 2.75) is 40.0 Å². The van der Waals surface area contributed by atoms with Crippen molar-refractivity contribution >= 4 is 45.7 Å². The molecule has 0 aliphatic heterocycles. The van der Waals surface area contributed by atoms with E-state index in [0.717, 1.165) is 36.1 Å². The third-order valence-electron chi connectivity index (χ3n) is 6.61. The van der Waals surface area contributed by atoms with Crippen LogP contribution in [0, 0.1) is 23.7 Å². The molecule has 1 N–H and O–H groups in total. The normalized spacial score (nSPS) is 15.2. The molecule has 1 atom stereocenters. The summed E-state index contributed by atoms with van der Waals surface area (Å²) in [5.41, 5.74) is 3.45. The molecule has 37 heavy (non-hydrogen) atoms. The molecule has 1 heterocycles. The van der Waals surface area contributed by atoms with Crippen LogP contribution in [0.15, 0.2) is 47.5 Å². The number of thiophene rings is 1. The highest BCUT2D eigenvalue weighted by molar-refractivity contribution is 7.16. The fourth-order valence-electron chi connectivity index (χ4n) is 4.55. The van der Waals surface area contributed by atoms with E-state index < -0.39 is 0 Å². The molecule has 7 heteroatoms. The van der Waals surface area contributed by atoms with Crippen molar-refractivity contribution in [1.29, 1.82) is 0 Å². The first-order valence-corrected chi connectivity index (χ1v) is 13.4. The molecule has 0 bridgehead atoms. The van der Waals surface area contributed by atoms with Gasteiger partial charge < -0.3 is 14.8 Å². The minimum absolute atomic E-state index is 0.0830. The Morgan fingerprint density at radius 2 is 2.05 bits per heavy atom. The maximum Gasteiger partial charge on any atom is 0.259 e. The Morgan fingerprint density at radius 1 is 1.30 bits per heavy atom. The van der Waals surface area contributed by atoms with E-state index in [1.54, 1.807) is 36.8 Å².